The number of rotatable bonds is 6. The summed E-state index contributed by atoms with van der Waals surface area (Å²) in [6, 6.07) is 13.2. The molecule has 0 aliphatic heterocycles. The maximum absolute atomic E-state index is 12.3. The van der Waals surface area contributed by atoms with Gasteiger partial charge in [-0.15, -0.1) is 0 Å². The van der Waals surface area contributed by atoms with Gasteiger partial charge in [-0.2, -0.15) is 0 Å². The molecule has 0 fully saturated rings. The molecule has 0 bridgehead atoms. The summed E-state index contributed by atoms with van der Waals surface area (Å²) in [5.41, 5.74) is 1.63. The van der Waals surface area contributed by atoms with Crippen LogP contribution in [-0.2, 0) is 21.2 Å². The van der Waals surface area contributed by atoms with E-state index >= 15 is 0 Å². The summed E-state index contributed by atoms with van der Waals surface area (Å²) in [5, 5.41) is 5.51. The molecular weight excluding hydrogens is 352 g/mol. The summed E-state index contributed by atoms with van der Waals surface area (Å²) in [6.07, 6.45) is 1.07. The minimum Gasteiger partial charge on any atom is -0.348 e. The van der Waals surface area contributed by atoms with Gasteiger partial charge in [-0.25, -0.2) is 8.42 Å². The average Bonchev–Trinajstić information content (AvgIpc) is 2.60. The Hall–Kier alpha value is -2.67. The summed E-state index contributed by atoms with van der Waals surface area (Å²) in [6.45, 7) is 3.87. The van der Waals surface area contributed by atoms with Gasteiger partial charge >= 0.3 is 0 Å². The van der Waals surface area contributed by atoms with Crippen LogP contribution in [0.15, 0.2) is 53.4 Å². The SMILES string of the molecule is CC(C)C(=O)Nc1ccc(CNC(=O)c2ccccc2S(C)(=O)=O)cc1. The zero-order valence-electron chi connectivity index (χ0n) is 14.9. The zero-order valence-corrected chi connectivity index (χ0v) is 15.8. The van der Waals surface area contributed by atoms with E-state index in [-0.39, 0.29) is 28.8 Å². The molecule has 2 aromatic carbocycles. The number of benzene rings is 2. The van der Waals surface area contributed by atoms with Crippen molar-refractivity contribution in [1.82, 2.24) is 5.32 Å². The van der Waals surface area contributed by atoms with E-state index in [1.165, 1.54) is 12.1 Å². The number of amides is 2. The van der Waals surface area contributed by atoms with Crippen LogP contribution in [0.25, 0.3) is 0 Å². The van der Waals surface area contributed by atoms with Crippen LogP contribution in [0.5, 0.6) is 0 Å². The monoisotopic (exact) mass is 374 g/mol. The minimum absolute atomic E-state index is 0.00393. The Morgan fingerprint density at radius 2 is 1.62 bits per heavy atom. The summed E-state index contributed by atoms with van der Waals surface area (Å²) in [7, 11) is -3.49. The summed E-state index contributed by atoms with van der Waals surface area (Å²) < 4.78 is 23.6. The molecule has 7 heteroatoms. The Morgan fingerprint density at radius 3 is 2.19 bits per heavy atom. The summed E-state index contributed by atoms with van der Waals surface area (Å²) in [5.74, 6) is -0.629. The average molecular weight is 374 g/mol. The van der Waals surface area contributed by atoms with Crippen molar-refractivity contribution in [2.24, 2.45) is 5.92 Å². The number of nitrogens with one attached hydrogen (secondary N) is 2. The highest BCUT2D eigenvalue weighted by molar-refractivity contribution is 7.90. The molecule has 0 aliphatic carbocycles. The second-order valence-electron chi connectivity index (χ2n) is 6.29. The van der Waals surface area contributed by atoms with Crippen molar-refractivity contribution < 1.29 is 18.0 Å². The molecule has 2 N–H and O–H groups in total. The van der Waals surface area contributed by atoms with Gasteiger partial charge in [0.05, 0.1) is 10.5 Å². The maximum Gasteiger partial charge on any atom is 0.252 e. The van der Waals surface area contributed by atoms with Gasteiger partial charge in [-0.05, 0) is 29.8 Å². The number of hydrogen-bond donors (Lipinski definition) is 2. The van der Waals surface area contributed by atoms with E-state index in [0.717, 1.165) is 11.8 Å². The van der Waals surface area contributed by atoms with Crippen molar-refractivity contribution in [3.05, 3.63) is 59.7 Å². The van der Waals surface area contributed by atoms with Crippen molar-refractivity contribution in [3.8, 4) is 0 Å². The Bertz CT molecular complexity index is 903. The van der Waals surface area contributed by atoms with Gasteiger partial charge in [0.25, 0.3) is 5.91 Å². The fraction of sp³-hybridized carbons (Fsp3) is 0.263. The molecule has 0 spiro atoms. The molecule has 2 rings (SSSR count). The highest BCUT2D eigenvalue weighted by Crippen LogP contribution is 2.16. The second kappa shape index (κ2) is 8.14. The van der Waals surface area contributed by atoms with Crippen molar-refractivity contribution in [2.75, 3.05) is 11.6 Å². The molecule has 0 heterocycles. The molecule has 0 aromatic heterocycles. The van der Waals surface area contributed by atoms with E-state index in [1.807, 2.05) is 13.8 Å². The largest absolute Gasteiger partial charge is 0.348 e. The van der Waals surface area contributed by atoms with Crippen LogP contribution in [0.2, 0.25) is 0 Å². The Kier molecular flexibility index (Phi) is 6.15. The quantitative estimate of drug-likeness (QED) is 0.813. The summed E-state index contributed by atoms with van der Waals surface area (Å²) in [4.78, 5) is 24.0. The van der Waals surface area contributed by atoms with Crippen LogP contribution in [-0.4, -0.2) is 26.5 Å². The molecule has 26 heavy (non-hydrogen) atoms. The molecule has 138 valence electrons. The first kappa shape index (κ1) is 19.7. The number of carbonyl (C=O) groups excluding carboxylic acids is 2. The first-order valence-corrected chi connectivity index (χ1v) is 10.0. The lowest BCUT2D eigenvalue weighted by Gasteiger charge is -2.10. The van der Waals surface area contributed by atoms with E-state index in [0.29, 0.717) is 5.69 Å². The molecule has 2 aromatic rings. The first-order chi connectivity index (χ1) is 12.2. The van der Waals surface area contributed by atoms with Crippen LogP contribution >= 0.6 is 0 Å². The van der Waals surface area contributed by atoms with Gasteiger partial charge in [0.2, 0.25) is 5.91 Å². The molecular formula is C19H22N2O4S. The van der Waals surface area contributed by atoms with Crippen molar-refractivity contribution in [1.29, 1.82) is 0 Å². The minimum atomic E-state index is -3.49. The molecule has 2 amide bonds. The van der Waals surface area contributed by atoms with Gasteiger partial charge in [0.1, 0.15) is 0 Å². The zero-order chi connectivity index (χ0) is 19.3. The topological polar surface area (TPSA) is 92.3 Å². The van der Waals surface area contributed by atoms with E-state index in [2.05, 4.69) is 10.6 Å². The molecule has 0 atom stereocenters. The van der Waals surface area contributed by atoms with Gasteiger partial charge in [-0.3, -0.25) is 9.59 Å². The van der Waals surface area contributed by atoms with Gasteiger partial charge in [0.15, 0.2) is 9.84 Å². The highest BCUT2D eigenvalue weighted by Gasteiger charge is 2.17. The third kappa shape index (κ3) is 5.16. The van der Waals surface area contributed by atoms with Crippen LogP contribution in [0.3, 0.4) is 0 Å². The van der Waals surface area contributed by atoms with E-state index in [4.69, 9.17) is 0 Å². The predicted octanol–water partition coefficient (Wildman–Crippen LogP) is 2.61. The molecule has 0 unspecified atom stereocenters. The highest BCUT2D eigenvalue weighted by atomic mass is 32.2. The summed E-state index contributed by atoms with van der Waals surface area (Å²) >= 11 is 0. The molecule has 0 radical (unpaired) electrons. The van der Waals surface area contributed by atoms with Crippen molar-refractivity contribution in [3.63, 3.8) is 0 Å². The maximum atomic E-state index is 12.3. The third-order valence-electron chi connectivity index (χ3n) is 3.73. The standard InChI is InChI=1S/C19H22N2O4S/c1-13(2)18(22)21-15-10-8-14(9-11-15)12-20-19(23)16-6-4-5-7-17(16)26(3,24)25/h4-11,13H,12H2,1-3H3,(H,20,23)(H,21,22). The Morgan fingerprint density at radius 1 is 1.00 bits per heavy atom. The van der Waals surface area contributed by atoms with Gasteiger partial charge in [-0.1, -0.05) is 38.1 Å². The fourth-order valence-corrected chi connectivity index (χ4v) is 3.13. The molecule has 0 saturated carbocycles. The molecule has 0 aliphatic rings. The van der Waals surface area contributed by atoms with Gasteiger partial charge in [0, 0.05) is 24.4 Å². The fourth-order valence-electron chi connectivity index (χ4n) is 2.25. The number of anilines is 1. The number of sulfone groups is 1. The first-order valence-electron chi connectivity index (χ1n) is 8.15. The number of hydrogen-bond acceptors (Lipinski definition) is 4. The third-order valence-corrected chi connectivity index (χ3v) is 4.89. The van der Waals surface area contributed by atoms with Crippen LogP contribution in [0, 0.1) is 5.92 Å². The van der Waals surface area contributed by atoms with E-state index < -0.39 is 15.7 Å². The molecule has 6 nitrogen and oxygen atoms in total. The van der Waals surface area contributed by atoms with E-state index in [9.17, 15) is 18.0 Å². The van der Waals surface area contributed by atoms with E-state index in [1.54, 1.807) is 36.4 Å². The van der Waals surface area contributed by atoms with Crippen molar-refractivity contribution >= 4 is 27.3 Å². The van der Waals surface area contributed by atoms with Crippen LogP contribution in [0.4, 0.5) is 5.69 Å². The van der Waals surface area contributed by atoms with Crippen molar-refractivity contribution in [2.45, 2.75) is 25.3 Å². The Balaban J connectivity index is 2.04. The van der Waals surface area contributed by atoms with Crippen LogP contribution < -0.4 is 10.6 Å². The molecule has 0 saturated heterocycles. The second-order valence-corrected chi connectivity index (χ2v) is 8.28. The number of carbonyl (C=O) groups is 2. The van der Waals surface area contributed by atoms with Crippen LogP contribution in [0.1, 0.15) is 29.8 Å². The van der Waals surface area contributed by atoms with Gasteiger partial charge < -0.3 is 10.6 Å². The lowest BCUT2D eigenvalue weighted by molar-refractivity contribution is -0.118. The predicted molar refractivity (Wildman–Crippen MR) is 101 cm³/mol. The Labute approximate surface area is 153 Å². The lowest BCUT2D eigenvalue weighted by atomic mass is 10.1. The smallest absolute Gasteiger partial charge is 0.252 e. The normalized spacial score (nSPS) is 11.2. The lowest BCUT2D eigenvalue weighted by Crippen LogP contribution is -2.24.